The number of amides is 2. The Hall–Kier alpha value is -1.59. The largest absolute Gasteiger partial charge is 0.356 e. The van der Waals surface area contributed by atoms with Crippen LogP contribution in [0.4, 0.5) is 0 Å². The summed E-state index contributed by atoms with van der Waals surface area (Å²) in [4.78, 5) is 27.4. The highest BCUT2D eigenvalue weighted by atomic mass is 35.5. The molecular weight excluding hydrogens is 338 g/mol. The van der Waals surface area contributed by atoms with Gasteiger partial charge in [-0.05, 0) is 30.5 Å². The Morgan fingerprint density at radius 3 is 2.56 bits per heavy atom. The molecule has 1 aliphatic rings. The summed E-state index contributed by atoms with van der Waals surface area (Å²) in [5.74, 6) is 0.258. The van der Waals surface area contributed by atoms with Gasteiger partial charge in [0.15, 0.2) is 0 Å². The number of hydrogen-bond acceptors (Lipinski definition) is 3. The van der Waals surface area contributed by atoms with Gasteiger partial charge in [0.05, 0.1) is 0 Å². The summed E-state index contributed by atoms with van der Waals surface area (Å²) < 4.78 is 0. The Balaban J connectivity index is 1.61. The van der Waals surface area contributed by atoms with E-state index in [1.165, 1.54) is 12.5 Å². The van der Waals surface area contributed by atoms with E-state index in [1.807, 2.05) is 23.1 Å². The molecule has 1 aromatic carbocycles. The molecule has 1 aromatic rings. The summed E-state index contributed by atoms with van der Waals surface area (Å²) in [5, 5.41) is 3.55. The fourth-order valence-corrected chi connectivity index (χ4v) is 3.26. The summed E-state index contributed by atoms with van der Waals surface area (Å²) in [6.45, 7) is 6.51. The molecule has 1 N–H and O–H groups in total. The zero-order chi connectivity index (χ0) is 18.1. The maximum Gasteiger partial charge on any atom is 0.222 e. The van der Waals surface area contributed by atoms with Crippen LogP contribution in [0.1, 0.15) is 38.2 Å². The lowest BCUT2D eigenvalue weighted by Gasteiger charge is -2.34. The molecule has 2 rings (SSSR count). The van der Waals surface area contributed by atoms with Crippen LogP contribution in [0.25, 0.3) is 0 Å². The number of nitrogens with one attached hydrogen (secondary N) is 1. The van der Waals surface area contributed by atoms with E-state index in [-0.39, 0.29) is 11.8 Å². The molecule has 0 atom stereocenters. The third kappa shape index (κ3) is 7.45. The van der Waals surface area contributed by atoms with Crippen molar-refractivity contribution in [1.82, 2.24) is 15.1 Å². The summed E-state index contributed by atoms with van der Waals surface area (Å²) in [6, 6.07) is 7.95. The number of piperazine rings is 1. The van der Waals surface area contributed by atoms with E-state index in [2.05, 4.69) is 16.3 Å². The maximum absolute atomic E-state index is 12.3. The van der Waals surface area contributed by atoms with Crippen molar-refractivity contribution in [2.75, 3.05) is 32.7 Å². The minimum absolute atomic E-state index is 0.00622. The molecule has 0 aromatic heterocycles. The van der Waals surface area contributed by atoms with Gasteiger partial charge in [-0.1, -0.05) is 30.2 Å². The number of carbonyl (C=O) groups excluding carboxylic acids is 2. The first-order chi connectivity index (χ1) is 12.0. The highest BCUT2D eigenvalue weighted by molar-refractivity contribution is 6.30. The molecule has 0 unspecified atom stereocenters. The van der Waals surface area contributed by atoms with E-state index in [9.17, 15) is 9.59 Å². The fraction of sp³-hybridized carbons (Fsp3) is 0.579. The van der Waals surface area contributed by atoms with Crippen LogP contribution in [0.2, 0.25) is 5.02 Å². The minimum atomic E-state index is 0.00622. The van der Waals surface area contributed by atoms with E-state index in [4.69, 9.17) is 11.6 Å². The van der Waals surface area contributed by atoms with Crippen molar-refractivity contribution in [3.05, 3.63) is 34.9 Å². The first-order valence-electron chi connectivity index (χ1n) is 9.03. The Morgan fingerprint density at radius 2 is 1.88 bits per heavy atom. The molecule has 1 heterocycles. The summed E-state index contributed by atoms with van der Waals surface area (Å²) in [7, 11) is 0. The van der Waals surface area contributed by atoms with Gasteiger partial charge in [-0.15, -0.1) is 0 Å². The second kappa shape index (κ2) is 10.4. The number of nitrogens with zero attached hydrogens (tertiary/aromatic N) is 2. The average molecular weight is 366 g/mol. The van der Waals surface area contributed by atoms with E-state index >= 15 is 0 Å². The molecule has 0 radical (unpaired) electrons. The lowest BCUT2D eigenvalue weighted by Crippen LogP contribution is -2.48. The Kier molecular flexibility index (Phi) is 8.22. The average Bonchev–Trinajstić information content (AvgIpc) is 2.58. The zero-order valence-corrected chi connectivity index (χ0v) is 15.7. The summed E-state index contributed by atoms with van der Waals surface area (Å²) >= 11 is 6.03. The van der Waals surface area contributed by atoms with Gasteiger partial charge in [-0.25, -0.2) is 0 Å². The van der Waals surface area contributed by atoms with E-state index in [0.717, 1.165) is 57.0 Å². The van der Waals surface area contributed by atoms with Crippen LogP contribution in [0, 0.1) is 0 Å². The standard InChI is InChI=1S/C19H28ClN3O2/c1-16(24)21-9-4-2-3-8-19(25)23-12-10-22(11-13-23)15-17-6-5-7-18(20)14-17/h5-7,14H,2-4,8-13,15H2,1H3,(H,21,24). The molecule has 6 heteroatoms. The predicted octanol–water partition coefficient (Wildman–Crippen LogP) is 2.68. The number of unbranched alkanes of at least 4 members (excludes halogenated alkanes) is 2. The molecular formula is C19H28ClN3O2. The molecule has 1 aliphatic heterocycles. The van der Waals surface area contributed by atoms with Crippen LogP contribution < -0.4 is 5.32 Å². The van der Waals surface area contributed by atoms with Gasteiger partial charge in [0.2, 0.25) is 11.8 Å². The predicted molar refractivity (Wildman–Crippen MR) is 100 cm³/mol. The van der Waals surface area contributed by atoms with Crippen LogP contribution in [0.15, 0.2) is 24.3 Å². The Bertz CT molecular complexity index is 572. The molecule has 1 fully saturated rings. The molecule has 138 valence electrons. The lowest BCUT2D eigenvalue weighted by atomic mass is 10.1. The van der Waals surface area contributed by atoms with Gasteiger partial charge in [0, 0.05) is 57.6 Å². The number of benzene rings is 1. The van der Waals surface area contributed by atoms with Gasteiger partial charge >= 0.3 is 0 Å². The topological polar surface area (TPSA) is 52.7 Å². The van der Waals surface area contributed by atoms with Gasteiger partial charge in [0.1, 0.15) is 0 Å². The second-order valence-electron chi connectivity index (χ2n) is 6.58. The number of carbonyl (C=O) groups is 2. The van der Waals surface area contributed by atoms with Crippen molar-refractivity contribution in [3.8, 4) is 0 Å². The minimum Gasteiger partial charge on any atom is -0.356 e. The van der Waals surface area contributed by atoms with Crippen molar-refractivity contribution in [2.24, 2.45) is 0 Å². The Morgan fingerprint density at radius 1 is 1.12 bits per heavy atom. The molecule has 25 heavy (non-hydrogen) atoms. The van der Waals surface area contributed by atoms with E-state index in [1.54, 1.807) is 0 Å². The summed E-state index contributed by atoms with van der Waals surface area (Å²) in [6.07, 6.45) is 3.40. The fourth-order valence-electron chi connectivity index (χ4n) is 3.05. The molecule has 0 bridgehead atoms. The number of rotatable bonds is 8. The smallest absolute Gasteiger partial charge is 0.222 e. The van der Waals surface area contributed by atoms with E-state index < -0.39 is 0 Å². The van der Waals surface area contributed by atoms with Crippen molar-refractivity contribution >= 4 is 23.4 Å². The number of halogens is 1. The highest BCUT2D eigenvalue weighted by Crippen LogP contribution is 2.14. The van der Waals surface area contributed by atoms with Crippen molar-refractivity contribution in [2.45, 2.75) is 39.2 Å². The van der Waals surface area contributed by atoms with Crippen LogP contribution in [0.3, 0.4) is 0 Å². The van der Waals surface area contributed by atoms with Crippen LogP contribution in [0.5, 0.6) is 0 Å². The van der Waals surface area contributed by atoms with Gasteiger partial charge < -0.3 is 10.2 Å². The van der Waals surface area contributed by atoms with Gasteiger partial charge in [0.25, 0.3) is 0 Å². The van der Waals surface area contributed by atoms with Gasteiger partial charge in [-0.3, -0.25) is 14.5 Å². The van der Waals surface area contributed by atoms with Crippen molar-refractivity contribution in [1.29, 1.82) is 0 Å². The third-order valence-corrected chi connectivity index (χ3v) is 4.70. The molecule has 5 nitrogen and oxygen atoms in total. The first kappa shape index (κ1) is 19.7. The number of hydrogen-bond donors (Lipinski definition) is 1. The normalized spacial score (nSPS) is 15.2. The monoisotopic (exact) mass is 365 g/mol. The lowest BCUT2D eigenvalue weighted by molar-refractivity contribution is -0.133. The quantitative estimate of drug-likeness (QED) is 0.720. The van der Waals surface area contributed by atoms with Gasteiger partial charge in [-0.2, -0.15) is 0 Å². The maximum atomic E-state index is 12.3. The second-order valence-corrected chi connectivity index (χ2v) is 7.02. The molecule has 0 aliphatic carbocycles. The molecule has 1 saturated heterocycles. The third-order valence-electron chi connectivity index (χ3n) is 4.46. The first-order valence-corrected chi connectivity index (χ1v) is 9.41. The SMILES string of the molecule is CC(=O)NCCCCCC(=O)N1CCN(Cc2cccc(Cl)c2)CC1. The highest BCUT2D eigenvalue weighted by Gasteiger charge is 2.20. The van der Waals surface area contributed by atoms with Crippen molar-refractivity contribution < 1.29 is 9.59 Å². The van der Waals surface area contributed by atoms with Crippen LogP contribution in [-0.4, -0.2) is 54.3 Å². The molecule has 0 spiro atoms. The molecule has 2 amide bonds. The van der Waals surface area contributed by atoms with Crippen LogP contribution in [-0.2, 0) is 16.1 Å². The van der Waals surface area contributed by atoms with Crippen molar-refractivity contribution in [3.63, 3.8) is 0 Å². The van der Waals surface area contributed by atoms with Crippen LogP contribution >= 0.6 is 11.6 Å². The van der Waals surface area contributed by atoms with E-state index in [0.29, 0.717) is 13.0 Å². The molecule has 0 saturated carbocycles. The zero-order valence-electron chi connectivity index (χ0n) is 15.0. The Labute approximate surface area is 155 Å². The summed E-state index contributed by atoms with van der Waals surface area (Å²) in [5.41, 5.74) is 1.21.